The number of hydrogen-bond donors (Lipinski definition) is 1. The highest BCUT2D eigenvalue weighted by Crippen LogP contribution is 2.24. The van der Waals surface area contributed by atoms with E-state index in [-0.39, 0.29) is 0 Å². The normalized spacial score (nSPS) is 22.9. The summed E-state index contributed by atoms with van der Waals surface area (Å²) >= 11 is 0. The SMILES string of the molecule is COCCNCC(C)CCC1CCCN(S(C)(=O)=O)C1. The van der Waals surface area contributed by atoms with Gasteiger partial charge in [-0.15, -0.1) is 0 Å². The number of hydrogen-bond acceptors (Lipinski definition) is 4. The Hall–Kier alpha value is -0.170. The van der Waals surface area contributed by atoms with Crippen molar-refractivity contribution in [2.75, 3.05) is 46.2 Å². The molecule has 120 valence electrons. The first-order chi connectivity index (χ1) is 9.43. The number of sulfonamides is 1. The van der Waals surface area contributed by atoms with E-state index < -0.39 is 10.0 Å². The molecule has 0 radical (unpaired) electrons. The van der Waals surface area contributed by atoms with Crippen LogP contribution in [-0.2, 0) is 14.8 Å². The minimum absolute atomic E-state index is 0.528. The third-order valence-electron chi connectivity index (χ3n) is 3.99. The summed E-state index contributed by atoms with van der Waals surface area (Å²) in [5.74, 6) is 1.15. The molecule has 0 aliphatic carbocycles. The van der Waals surface area contributed by atoms with Crippen LogP contribution in [0.25, 0.3) is 0 Å². The smallest absolute Gasteiger partial charge is 0.211 e. The van der Waals surface area contributed by atoms with Crippen molar-refractivity contribution in [1.82, 2.24) is 9.62 Å². The van der Waals surface area contributed by atoms with Crippen LogP contribution >= 0.6 is 0 Å². The van der Waals surface area contributed by atoms with Crippen molar-refractivity contribution in [3.8, 4) is 0 Å². The van der Waals surface area contributed by atoms with E-state index in [1.807, 2.05) is 0 Å². The molecule has 1 N–H and O–H groups in total. The number of piperidine rings is 1. The van der Waals surface area contributed by atoms with Crippen molar-refractivity contribution < 1.29 is 13.2 Å². The topological polar surface area (TPSA) is 58.6 Å². The highest BCUT2D eigenvalue weighted by Gasteiger charge is 2.25. The minimum atomic E-state index is -3.01. The molecule has 0 spiro atoms. The Labute approximate surface area is 124 Å². The summed E-state index contributed by atoms with van der Waals surface area (Å²) in [4.78, 5) is 0. The summed E-state index contributed by atoms with van der Waals surface area (Å²) < 4.78 is 29.8. The van der Waals surface area contributed by atoms with Crippen LogP contribution in [0.3, 0.4) is 0 Å². The zero-order chi connectivity index (χ0) is 15.0. The van der Waals surface area contributed by atoms with E-state index in [9.17, 15) is 8.42 Å². The molecule has 6 heteroatoms. The molecule has 5 nitrogen and oxygen atoms in total. The van der Waals surface area contributed by atoms with Gasteiger partial charge < -0.3 is 10.1 Å². The maximum absolute atomic E-state index is 11.6. The average Bonchev–Trinajstić information content (AvgIpc) is 2.41. The van der Waals surface area contributed by atoms with E-state index in [1.165, 1.54) is 6.26 Å². The van der Waals surface area contributed by atoms with Crippen LogP contribution < -0.4 is 5.32 Å². The first-order valence-corrected chi connectivity index (χ1v) is 9.43. The molecule has 1 heterocycles. The van der Waals surface area contributed by atoms with Gasteiger partial charge in [0, 0.05) is 26.7 Å². The van der Waals surface area contributed by atoms with Crippen molar-refractivity contribution >= 4 is 10.0 Å². The van der Waals surface area contributed by atoms with Gasteiger partial charge in [0.2, 0.25) is 10.0 Å². The van der Waals surface area contributed by atoms with Gasteiger partial charge in [-0.05, 0) is 44.1 Å². The van der Waals surface area contributed by atoms with E-state index in [0.29, 0.717) is 24.9 Å². The fourth-order valence-corrected chi connectivity index (χ4v) is 3.65. The molecule has 1 aliphatic rings. The number of rotatable bonds is 9. The zero-order valence-electron chi connectivity index (χ0n) is 13.1. The largest absolute Gasteiger partial charge is 0.383 e. The third kappa shape index (κ3) is 7.02. The summed E-state index contributed by atoms with van der Waals surface area (Å²) in [6.45, 7) is 6.31. The highest BCUT2D eigenvalue weighted by atomic mass is 32.2. The van der Waals surface area contributed by atoms with Crippen LogP contribution in [0.5, 0.6) is 0 Å². The van der Waals surface area contributed by atoms with E-state index in [2.05, 4.69) is 12.2 Å². The first kappa shape index (κ1) is 17.9. The van der Waals surface area contributed by atoms with Gasteiger partial charge in [0.15, 0.2) is 0 Å². The monoisotopic (exact) mass is 306 g/mol. The maximum Gasteiger partial charge on any atom is 0.211 e. The molecule has 0 aromatic carbocycles. The second-order valence-electron chi connectivity index (χ2n) is 6.01. The predicted octanol–water partition coefficient (Wildman–Crippen LogP) is 1.31. The summed E-state index contributed by atoms with van der Waals surface area (Å²) in [5, 5.41) is 3.38. The van der Waals surface area contributed by atoms with Crippen molar-refractivity contribution in [1.29, 1.82) is 0 Å². The Morgan fingerprint density at radius 3 is 2.85 bits per heavy atom. The van der Waals surface area contributed by atoms with Gasteiger partial charge in [-0.3, -0.25) is 0 Å². The van der Waals surface area contributed by atoms with Crippen LogP contribution in [0.1, 0.15) is 32.6 Å². The fraction of sp³-hybridized carbons (Fsp3) is 1.00. The number of methoxy groups -OCH3 is 1. The van der Waals surface area contributed by atoms with Gasteiger partial charge in [-0.1, -0.05) is 6.92 Å². The second-order valence-corrected chi connectivity index (χ2v) is 7.99. The standard InChI is InChI=1S/C14H30N2O3S/c1-13(11-15-8-10-19-2)6-7-14-5-4-9-16(12-14)20(3,17)18/h13-15H,4-12H2,1-3H3. The number of nitrogens with zero attached hydrogens (tertiary/aromatic N) is 1. The molecule has 0 amide bonds. The Bertz CT molecular complexity index is 359. The molecule has 1 saturated heterocycles. The van der Waals surface area contributed by atoms with Gasteiger partial charge >= 0.3 is 0 Å². The molecule has 20 heavy (non-hydrogen) atoms. The van der Waals surface area contributed by atoms with Crippen LogP contribution in [0.15, 0.2) is 0 Å². The van der Waals surface area contributed by atoms with Crippen LogP contribution in [-0.4, -0.2) is 58.9 Å². The molecule has 0 saturated carbocycles. The van der Waals surface area contributed by atoms with E-state index in [4.69, 9.17) is 4.74 Å². The Morgan fingerprint density at radius 2 is 2.20 bits per heavy atom. The molecule has 0 bridgehead atoms. The Morgan fingerprint density at radius 1 is 1.45 bits per heavy atom. The van der Waals surface area contributed by atoms with Crippen LogP contribution in [0.4, 0.5) is 0 Å². The predicted molar refractivity (Wildman–Crippen MR) is 82.3 cm³/mol. The molecular formula is C14H30N2O3S. The summed E-state index contributed by atoms with van der Waals surface area (Å²) in [7, 11) is -1.30. The van der Waals surface area contributed by atoms with E-state index >= 15 is 0 Å². The molecule has 2 unspecified atom stereocenters. The lowest BCUT2D eigenvalue weighted by Crippen LogP contribution is -2.39. The molecule has 0 aromatic rings. The lowest BCUT2D eigenvalue weighted by molar-refractivity contribution is 0.197. The molecular weight excluding hydrogens is 276 g/mol. The number of nitrogens with one attached hydrogen (secondary N) is 1. The van der Waals surface area contributed by atoms with Gasteiger partial charge in [0.25, 0.3) is 0 Å². The van der Waals surface area contributed by atoms with E-state index in [1.54, 1.807) is 11.4 Å². The lowest BCUT2D eigenvalue weighted by atomic mass is 9.91. The zero-order valence-corrected chi connectivity index (χ0v) is 13.9. The van der Waals surface area contributed by atoms with Gasteiger partial charge in [0.1, 0.15) is 0 Å². The van der Waals surface area contributed by atoms with Gasteiger partial charge in [-0.25, -0.2) is 12.7 Å². The summed E-state index contributed by atoms with van der Waals surface area (Å²) in [6.07, 6.45) is 5.76. The molecule has 1 aliphatic heterocycles. The number of ether oxygens (including phenoxy) is 1. The van der Waals surface area contributed by atoms with E-state index in [0.717, 1.165) is 45.4 Å². The minimum Gasteiger partial charge on any atom is -0.383 e. The molecule has 1 fully saturated rings. The highest BCUT2D eigenvalue weighted by molar-refractivity contribution is 7.88. The van der Waals surface area contributed by atoms with Gasteiger partial charge in [0.05, 0.1) is 12.9 Å². The first-order valence-electron chi connectivity index (χ1n) is 7.58. The Kier molecular flexibility index (Phi) is 8.02. The molecule has 1 rings (SSSR count). The maximum atomic E-state index is 11.6. The van der Waals surface area contributed by atoms with Crippen LogP contribution in [0.2, 0.25) is 0 Å². The lowest BCUT2D eigenvalue weighted by Gasteiger charge is -2.31. The quantitative estimate of drug-likeness (QED) is 0.653. The Balaban J connectivity index is 2.20. The van der Waals surface area contributed by atoms with Crippen LogP contribution in [0, 0.1) is 11.8 Å². The average molecular weight is 306 g/mol. The van der Waals surface area contributed by atoms with Crippen molar-refractivity contribution in [3.05, 3.63) is 0 Å². The molecule has 2 atom stereocenters. The fourth-order valence-electron chi connectivity index (χ4n) is 2.71. The second kappa shape index (κ2) is 8.97. The van der Waals surface area contributed by atoms with Crippen molar-refractivity contribution in [3.63, 3.8) is 0 Å². The van der Waals surface area contributed by atoms with Crippen molar-refractivity contribution in [2.45, 2.75) is 32.6 Å². The van der Waals surface area contributed by atoms with Crippen molar-refractivity contribution in [2.24, 2.45) is 11.8 Å². The van der Waals surface area contributed by atoms with Gasteiger partial charge in [-0.2, -0.15) is 0 Å². The third-order valence-corrected chi connectivity index (χ3v) is 5.26. The molecule has 0 aromatic heterocycles. The summed E-state index contributed by atoms with van der Waals surface area (Å²) in [6, 6.07) is 0. The summed E-state index contributed by atoms with van der Waals surface area (Å²) in [5.41, 5.74) is 0.